The highest BCUT2D eigenvalue weighted by atomic mass is 32.2. The standard InChI is InChI=1S/C17H19N3O3S2/c1-3-7-23-17(22)20-11-14(25-12(2)21)9-13(20)4-5-15-18-10-16-19(15)6-8-24-16/h3-6,8,10,13-14H,1,7,9,11H2,2H3/b5-4+/t13-,14+/m1/s1. The molecular formula is C17H19N3O3S2. The maximum absolute atomic E-state index is 12.3. The van der Waals surface area contributed by atoms with Crippen molar-refractivity contribution >= 4 is 45.2 Å². The number of fused-ring (bicyclic) bond motifs is 1. The minimum atomic E-state index is -0.384. The number of amides is 1. The molecule has 1 saturated heterocycles. The third kappa shape index (κ3) is 4.13. The number of thioether (sulfide) groups is 1. The van der Waals surface area contributed by atoms with Gasteiger partial charge in [-0.05, 0) is 12.5 Å². The molecule has 0 aromatic carbocycles. The monoisotopic (exact) mass is 377 g/mol. The fourth-order valence-electron chi connectivity index (χ4n) is 2.83. The number of aromatic nitrogens is 2. The zero-order valence-electron chi connectivity index (χ0n) is 13.8. The molecule has 0 radical (unpaired) electrons. The number of ether oxygens (including phenoxy) is 1. The maximum Gasteiger partial charge on any atom is 0.410 e. The average Bonchev–Trinajstić information content (AvgIpc) is 3.26. The second-order valence-electron chi connectivity index (χ2n) is 5.64. The Morgan fingerprint density at radius 3 is 3.16 bits per heavy atom. The van der Waals surface area contributed by atoms with Gasteiger partial charge in [0.15, 0.2) is 5.12 Å². The predicted octanol–water partition coefficient (Wildman–Crippen LogP) is 3.45. The zero-order valence-corrected chi connectivity index (χ0v) is 15.5. The van der Waals surface area contributed by atoms with Gasteiger partial charge in [0.25, 0.3) is 0 Å². The van der Waals surface area contributed by atoms with Crippen LogP contribution in [0, 0.1) is 0 Å². The predicted molar refractivity (Wildman–Crippen MR) is 101 cm³/mol. The summed E-state index contributed by atoms with van der Waals surface area (Å²) in [6.45, 7) is 5.77. The first-order chi connectivity index (χ1) is 12.1. The van der Waals surface area contributed by atoms with Gasteiger partial charge in [0.1, 0.15) is 17.3 Å². The molecule has 8 heteroatoms. The summed E-state index contributed by atoms with van der Waals surface area (Å²) in [5.41, 5.74) is 0. The molecule has 1 amide bonds. The molecule has 0 bridgehead atoms. The van der Waals surface area contributed by atoms with E-state index in [-0.39, 0.29) is 29.1 Å². The third-order valence-electron chi connectivity index (χ3n) is 3.85. The zero-order chi connectivity index (χ0) is 17.8. The van der Waals surface area contributed by atoms with Crippen LogP contribution in [-0.2, 0) is 9.53 Å². The Morgan fingerprint density at radius 1 is 1.56 bits per heavy atom. The van der Waals surface area contributed by atoms with Crippen molar-refractivity contribution in [3.8, 4) is 0 Å². The molecule has 2 aromatic heterocycles. The largest absolute Gasteiger partial charge is 0.445 e. The molecule has 3 rings (SSSR count). The summed E-state index contributed by atoms with van der Waals surface area (Å²) in [5, 5.41) is 2.13. The first kappa shape index (κ1) is 17.8. The lowest BCUT2D eigenvalue weighted by molar-refractivity contribution is -0.109. The van der Waals surface area contributed by atoms with Crippen LogP contribution in [-0.4, -0.2) is 49.9 Å². The number of rotatable bonds is 5. The topological polar surface area (TPSA) is 63.9 Å². The Hall–Kier alpha value is -2.06. The normalized spacial score (nSPS) is 20.4. The molecule has 3 heterocycles. The number of carbonyl (C=O) groups is 2. The lowest BCUT2D eigenvalue weighted by Gasteiger charge is -2.21. The lowest BCUT2D eigenvalue weighted by Crippen LogP contribution is -2.35. The molecule has 0 saturated carbocycles. The molecule has 0 spiro atoms. The van der Waals surface area contributed by atoms with Crippen molar-refractivity contribution in [1.82, 2.24) is 14.3 Å². The fraction of sp³-hybridized carbons (Fsp3) is 0.353. The molecule has 0 N–H and O–H groups in total. The van der Waals surface area contributed by atoms with E-state index in [0.29, 0.717) is 13.0 Å². The van der Waals surface area contributed by atoms with E-state index in [0.717, 1.165) is 10.7 Å². The quantitative estimate of drug-likeness (QED) is 0.747. The third-order valence-corrected chi connectivity index (χ3v) is 5.66. The van der Waals surface area contributed by atoms with Gasteiger partial charge >= 0.3 is 6.09 Å². The molecule has 6 nitrogen and oxygen atoms in total. The Labute approximate surface area is 154 Å². The van der Waals surface area contributed by atoms with E-state index in [9.17, 15) is 9.59 Å². The van der Waals surface area contributed by atoms with Gasteiger partial charge in [-0.2, -0.15) is 0 Å². The van der Waals surface area contributed by atoms with Crippen LogP contribution >= 0.6 is 23.1 Å². The Bertz CT molecular complexity index is 811. The van der Waals surface area contributed by atoms with Gasteiger partial charge in [-0.15, -0.1) is 11.3 Å². The molecule has 1 fully saturated rings. The van der Waals surface area contributed by atoms with Crippen molar-refractivity contribution in [1.29, 1.82) is 0 Å². The first-order valence-electron chi connectivity index (χ1n) is 7.88. The van der Waals surface area contributed by atoms with Crippen LogP contribution in [0.3, 0.4) is 0 Å². The van der Waals surface area contributed by atoms with Gasteiger partial charge in [-0.1, -0.05) is 30.5 Å². The summed E-state index contributed by atoms with van der Waals surface area (Å²) in [5.74, 6) is 0.818. The van der Waals surface area contributed by atoms with Crippen LogP contribution in [0.25, 0.3) is 10.9 Å². The van der Waals surface area contributed by atoms with Crippen LogP contribution in [0.15, 0.2) is 36.5 Å². The molecule has 2 aromatic rings. The van der Waals surface area contributed by atoms with E-state index in [2.05, 4.69) is 11.6 Å². The highest BCUT2D eigenvalue weighted by Gasteiger charge is 2.35. The van der Waals surface area contributed by atoms with Gasteiger partial charge in [-0.25, -0.2) is 9.78 Å². The van der Waals surface area contributed by atoms with Crippen LogP contribution in [0.2, 0.25) is 0 Å². The van der Waals surface area contributed by atoms with E-state index in [1.54, 1.807) is 29.2 Å². The van der Waals surface area contributed by atoms with Crippen molar-refractivity contribution in [3.05, 3.63) is 42.3 Å². The van der Waals surface area contributed by atoms with E-state index < -0.39 is 0 Å². The average molecular weight is 377 g/mol. The van der Waals surface area contributed by atoms with Gasteiger partial charge < -0.3 is 9.64 Å². The smallest absolute Gasteiger partial charge is 0.410 e. The molecule has 132 valence electrons. The number of hydrogen-bond donors (Lipinski definition) is 0. The summed E-state index contributed by atoms with van der Waals surface area (Å²) in [7, 11) is 0. The highest BCUT2D eigenvalue weighted by molar-refractivity contribution is 8.14. The van der Waals surface area contributed by atoms with Gasteiger partial charge in [0, 0.05) is 30.3 Å². The Balaban J connectivity index is 1.76. The minimum absolute atomic E-state index is 0.0577. The Kier molecular flexibility index (Phi) is 5.60. The minimum Gasteiger partial charge on any atom is -0.445 e. The van der Waals surface area contributed by atoms with Gasteiger partial charge in [0.2, 0.25) is 0 Å². The van der Waals surface area contributed by atoms with Crippen molar-refractivity contribution in [3.63, 3.8) is 0 Å². The second-order valence-corrected chi connectivity index (χ2v) is 8.04. The van der Waals surface area contributed by atoms with Crippen molar-refractivity contribution in [2.45, 2.75) is 24.6 Å². The summed E-state index contributed by atoms with van der Waals surface area (Å²) >= 11 is 2.90. The van der Waals surface area contributed by atoms with E-state index in [1.165, 1.54) is 11.8 Å². The number of thiazole rings is 1. The highest BCUT2D eigenvalue weighted by Crippen LogP contribution is 2.29. The van der Waals surface area contributed by atoms with Crippen molar-refractivity contribution < 1.29 is 14.3 Å². The molecule has 1 aliphatic rings. The summed E-state index contributed by atoms with van der Waals surface area (Å²) in [6, 6.07) is -0.125. The van der Waals surface area contributed by atoms with Crippen LogP contribution < -0.4 is 0 Å². The fourth-order valence-corrected chi connectivity index (χ4v) is 4.53. The van der Waals surface area contributed by atoms with Gasteiger partial charge in [-0.3, -0.25) is 9.20 Å². The van der Waals surface area contributed by atoms with Crippen molar-refractivity contribution in [2.24, 2.45) is 0 Å². The summed E-state index contributed by atoms with van der Waals surface area (Å²) in [4.78, 5) is 30.8. The van der Waals surface area contributed by atoms with E-state index in [4.69, 9.17) is 4.74 Å². The van der Waals surface area contributed by atoms with E-state index in [1.807, 2.05) is 34.3 Å². The first-order valence-corrected chi connectivity index (χ1v) is 9.64. The molecule has 0 unspecified atom stereocenters. The SMILES string of the molecule is C=CCOC(=O)N1C[C@@H](SC(C)=O)C[C@H]1/C=C/c1ncc2sccn12. The molecular weight excluding hydrogens is 358 g/mol. The van der Waals surface area contributed by atoms with Crippen LogP contribution in [0.1, 0.15) is 19.2 Å². The number of imidazole rings is 1. The number of nitrogens with zero attached hydrogens (tertiary/aromatic N) is 3. The number of likely N-dealkylation sites (tertiary alicyclic amines) is 1. The Morgan fingerprint density at radius 2 is 2.40 bits per heavy atom. The summed E-state index contributed by atoms with van der Waals surface area (Å²) in [6.07, 6.45) is 9.53. The lowest BCUT2D eigenvalue weighted by atomic mass is 10.2. The van der Waals surface area contributed by atoms with E-state index >= 15 is 0 Å². The maximum atomic E-state index is 12.3. The molecule has 0 aliphatic carbocycles. The van der Waals surface area contributed by atoms with Crippen LogP contribution in [0.4, 0.5) is 4.79 Å². The molecule has 25 heavy (non-hydrogen) atoms. The molecule has 1 aliphatic heterocycles. The number of carbonyl (C=O) groups excluding carboxylic acids is 2. The van der Waals surface area contributed by atoms with Crippen LogP contribution in [0.5, 0.6) is 0 Å². The summed E-state index contributed by atoms with van der Waals surface area (Å²) < 4.78 is 7.17. The molecule has 2 atom stereocenters. The number of hydrogen-bond acceptors (Lipinski definition) is 6. The second kappa shape index (κ2) is 7.88. The van der Waals surface area contributed by atoms with Crippen molar-refractivity contribution in [2.75, 3.05) is 13.2 Å². The van der Waals surface area contributed by atoms with Gasteiger partial charge in [0.05, 0.1) is 12.2 Å².